The lowest BCUT2D eigenvalue weighted by Gasteiger charge is -2.16. The molecule has 112 valence electrons. The van der Waals surface area contributed by atoms with Gasteiger partial charge in [0, 0.05) is 6.54 Å². The minimum absolute atomic E-state index is 0.144. The molecule has 0 aliphatic carbocycles. The lowest BCUT2D eigenvalue weighted by atomic mass is 10.2. The maximum absolute atomic E-state index is 12.8. The fraction of sp³-hybridized carbons (Fsp3) is 0.625. The predicted molar refractivity (Wildman–Crippen MR) is 77.5 cm³/mol. The molecule has 2 unspecified atom stereocenters. The fourth-order valence-electron chi connectivity index (χ4n) is 2.31. The van der Waals surface area contributed by atoms with Crippen molar-refractivity contribution in [2.75, 3.05) is 19.7 Å². The highest BCUT2D eigenvalue weighted by Crippen LogP contribution is 2.21. The molecular weight excluding hydrogens is 257 g/mol. The normalized spacial score (nSPS) is 22.4. The van der Waals surface area contributed by atoms with Crippen molar-refractivity contribution in [1.82, 2.24) is 5.32 Å². The van der Waals surface area contributed by atoms with Crippen LogP contribution >= 0.6 is 0 Å². The lowest BCUT2D eigenvalue weighted by molar-refractivity contribution is 0.0184. The van der Waals surface area contributed by atoms with Crippen LogP contribution in [-0.2, 0) is 4.74 Å². The van der Waals surface area contributed by atoms with Gasteiger partial charge in [-0.2, -0.15) is 0 Å². The van der Waals surface area contributed by atoms with Gasteiger partial charge in [-0.15, -0.1) is 0 Å². The van der Waals surface area contributed by atoms with Crippen molar-refractivity contribution in [3.63, 3.8) is 0 Å². The zero-order chi connectivity index (χ0) is 14.4. The largest absolute Gasteiger partial charge is 0.491 e. The summed E-state index contributed by atoms with van der Waals surface area (Å²) in [4.78, 5) is 0. The van der Waals surface area contributed by atoms with Gasteiger partial charge in [0.1, 0.15) is 18.2 Å². The second-order valence-electron chi connectivity index (χ2n) is 5.77. The van der Waals surface area contributed by atoms with E-state index in [2.05, 4.69) is 19.2 Å². The molecule has 1 aliphatic rings. The molecule has 1 aromatic carbocycles. The molecule has 4 heteroatoms. The van der Waals surface area contributed by atoms with Crippen LogP contribution < -0.4 is 10.1 Å². The molecule has 0 spiro atoms. The van der Waals surface area contributed by atoms with E-state index in [0.717, 1.165) is 25.9 Å². The van der Waals surface area contributed by atoms with Gasteiger partial charge in [-0.3, -0.25) is 0 Å². The number of nitrogens with one attached hydrogen (secondary N) is 1. The molecule has 0 bridgehead atoms. The standard InChI is InChI=1S/C16H24FNO2/c1-12(2)9-18-10-15-7-8-16(20-15)11-19-14-5-3-13(17)4-6-14/h3-6,12,15-16,18H,7-11H2,1-2H3. The Hall–Kier alpha value is -1.13. The number of ether oxygens (including phenoxy) is 2. The summed E-state index contributed by atoms with van der Waals surface area (Å²) in [6.45, 7) is 6.86. The maximum atomic E-state index is 12.8. The minimum atomic E-state index is -0.245. The Balaban J connectivity index is 1.64. The van der Waals surface area contributed by atoms with Gasteiger partial charge in [-0.05, 0) is 49.6 Å². The number of benzene rings is 1. The summed E-state index contributed by atoms with van der Waals surface area (Å²) in [7, 11) is 0. The van der Waals surface area contributed by atoms with Crippen LogP contribution in [0, 0.1) is 11.7 Å². The molecular formula is C16H24FNO2. The van der Waals surface area contributed by atoms with E-state index in [-0.39, 0.29) is 18.0 Å². The first kappa shape index (κ1) is 15.3. The fourth-order valence-corrected chi connectivity index (χ4v) is 2.31. The number of hydrogen-bond acceptors (Lipinski definition) is 3. The molecule has 1 fully saturated rings. The molecule has 1 aromatic rings. The Bertz CT molecular complexity index is 394. The maximum Gasteiger partial charge on any atom is 0.123 e. The average molecular weight is 281 g/mol. The molecule has 1 N–H and O–H groups in total. The van der Waals surface area contributed by atoms with Crippen LogP contribution in [-0.4, -0.2) is 31.9 Å². The first-order valence-electron chi connectivity index (χ1n) is 7.38. The monoisotopic (exact) mass is 281 g/mol. The molecule has 1 saturated heterocycles. The summed E-state index contributed by atoms with van der Waals surface area (Å²) in [6.07, 6.45) is 2.53. The van der Waals surface area contributed by atoms with Crippen LogP contribution in [0.5, 0.6) is 5.75 Å². The van der Waals surface area contributed by atoms with Gasteiger partial charge in [-0.1, -0.05) is 13.8 Å². The molecule has 2 rings (SSSR count). The highest BCUT2D eigenvalue weighted by atomic mass is 19.1. The van der Waals surface area contributed by atoms with E-state index in [0.29, 0.717) is 18.3 Å². The van der Waals surface area contributed by atoms with Crippen molar-refractivity contribution < 1.29 is 13.9 Å². The Labute approximate surface area is 120 Å². The van der Waals surface area contributed by atoms with Crippen molar-refractivity contribution >= 4 is 0 Å². The first-order valence-corrected chi connectivity index (χ1v) is 7.38. The molecule has 0 saturated carbocycles. The van der Waals surface area contributed by atoms with E-state index >= 15 is 0 Å². The highest BCUT2D eigenvalue weighted by molar-refractivity contribution is 5.22. The zero-order valence-electron chi connectivity index (χ0n) is 12.3. The summed E-state index contributed by atoms with van der Waals surface area (Å²) in [6, 6.07) is 6.10. The van der Waals surface area contributed by atoms with Crippen molar-refractivity contribution in [3.05, 3.63) is 30.1 Å². The third-order valence-corrected chi connectivity index (χ3v) is 3.37. The molecule has 0 amide bonds. The van der Waals surface area contributed by atoms with E-state index in [1.54, 1.807) is 12.1 Å². The van der Waals surface area contributed by atoms with Gasteiger partial charge in [0.05, 0.1) is 12.2 Å². The van der Waals surface area contributed by atoms with Crippen LogP contribution in [0.15, 0.2) is 24.3 Å². The van der Waals surface area contributed by atoms with Gasteiger partial charge in [0.15, 0.2) is 0 Å². The molecule has 20 heavy (non-hydrogen) atoms. The quantitative estimate of drug-likeness (QED) is 0.833. The van der Waals surface area contributed by atoms with Crippen LogP contribution in [0.4, 0.5) is 4.39 Å². The van der Waals surface area contributed by atoms with Crippen molar-refractivity contribution in [2.45, 2.75) is 38.9 Å². The van der Waals surface area contributed by atoms with E-state index in [9.17, 15) is 4.39 Å². The smallest absolute Gasteiger partial charge is 0.123 e. The third-order valence-electron chi connectivity index (χ3n) is 3.37. The summed E-state index contributed by atoms with van der Waals surface area (Å²) >= 11 is 0. The molecule has 1 aliphatic heterocycles. The SMILES string of the molecule is CC(C)CNCC1CCC(COc2ccc(F)cc2)O1. The van der Waals surface area contributed by atoms with E-state index < -0.39 is 0 Å². The summed E-state index contributed by atoms with van der Waals surface area (Å²) in [5, 5.41) is 3.42. The molecule has 3 nitrogen and oxygen atoms in total. The van der Waals surface area contributed by atoms with Crippen molar-refractivity contribution in [1.29, 1.82) is 0 Å². The predicted octanol–water partition coefficient (Wildman–Crippen LogP) is 3.00. The van der Waals surface area contributed by atoms with Crippen molar-refractivity contribution in [3.8, 4) is 5.75 Å². The van der Waals surface area contributed by atoms with Gasteiger partial charge < -0.3 is 14.8 Å². The Morgan fingerprint density at radius 3 is 2.65 bits per heavy atom. The van der Waals surface area contributed by atoms with Crippen LogP contribution in [0.3, 0.4) is 0 Å². The molecule has 2 atom stereocenters. The van der Waals surface area contributed by atoms with Crippen LogP contribution in [0.2, 0.25) is 0 Å². The summed E-state index contributed by atoms with van der Waals surface area (Å²) in [5.74, 6) is 1.11. The summed E-state index contributed by atoms with van der Waals surface area (Å²) in [5.41, 5.74) is 0. The number of halogens is 1. The topological polar surface area (TPSA) is 30.5 Å². The Morgan fingerprint density at radius 1 is 1.25 bits per heavy atom. The van der Waals surface area contributed by atoms with Crippen LogP contribution in [0.25, 0.3) is 0 Å². The summed E-state index contributed by atoms with van der Waals surface area (Å²) < 4.78 is 24.3. The van der Waals surface area contributed by atoms with Crippen LogP contribution in [0.1, 0.15) is 26.7 Å². The van der Waals surface area contributed by atoms with E-state index in [4.69, 9.17) is 9.47 Å². The molecule has 0 radical (unpaired) electrons. The molecule has 1 heterocycles. The van der Waals surface area contributed by atoms with Gasteiger partial charge >= 0.3 is 0 Å². The Kier molecular flexibility index (Phi) is 5.80. The average Bonchev–Trinajstić information content (AvgIpc) is 2.86. The number of rotatable bonds is 7. The zero-order valence-corrected chi connectivity index (χ0v) is 12.3. The first-order chi connectivity index (χ1) is 9.63. The third kappa shape index (κ3) is 5.10. The minimum Gasteiger partial charge on any atom is -0.491 e. The van der Waals surface area contributed by atoms with E-state index in [1.807, 2.05) is 0 Å². The van der Waals surface area contributed by atoms with E-state index in [1.165, 1.54) is 12.1 Å². The second kappa shape index (κ2) is 7.60. The molecule has 0 aromatic heterocycles. The number of hydrogen-bond donors (Lipinski definition) is 1. The van der Waals surface area contributed by atoms with Gasteiger partial charge in [0.25, 0.3) is 0 Å². The lowest BCUT2D eigenvalue weighted by Crippen LogP contribution is -2.30. The van der Waals surface area contributed by atoms with Crippen molar-refractivity contribution in [2.24, 2.45) is 5.92 Å². The Morgan fingerprint density at radius 2 is 1.95 bits per heavy atom. The second-order valence-corrected chi connectivity index (χ2v) is 5.77. The highest BCUT2D eigenvalue weighted by Gasteiger charge is 2.25. The van der Waals surface area contributed by atoms with Gasteiger partial charge in [-0.25, -0.2) is 4.39 Å². The van der Waals surface area contributed by atoms with Gasteiger partial charge in [0.2, 0.25) is 0 Å².